The molecule has 0 bridgehead atoms. The molecule has 4 nitrogen and oxygen atoms in total. The number of nitrogens with zero attached hydrogens (tertiary/aromatic N) is 1. The van der Waals surface area contributed by atoms with Crippen molar-refractivity contribution < 1.29 is 19.1 Å². The first kappa shape index (κ1) is 13.1. The van der Waals surface area contributed by atoms with Crippen LogP contribution in [0.15, 0.2) is 18.2 Å². The molecule has 1 spiro atoms. The number of hydrogen-bond donors (Lipinski definition) is 1. The topological polar surface area (TPSA) is 57.6 Å². The third-order valence-corrected chi connectivity index (χ3v) is 4.42. The van der Waals surface area contributed by atoms with E-state index in [0.29, 0.717) is 5.69 Å². The van der Waals surface area contributed by atoms with E-state index in [1.54, 1.807) is 6.07 Å². The van der Waals surface area contributed by atoms with Gasteiger partial charge in [0.1, 0.15) is 12.4 Å². The first-order chi connectivity index (χ1) is 9.54. The molecule has 0 unspecified atom stereocenters. The third kappa shape index (κ3) is 1.80. The second-order valence-corrected chi connectivity index (χ2v) is 5.59. The molecular weight excluding hydrogens is 261 g/mol. The molecule has 5 heteroatoms. The van der Waals surface area contributed by atoms with E-state index in [1.807, 2.05) is 0 Å². The third-order valence-electron chi connectivity index (χ3n) is 4.42. The van der Waals surface area contributed by atoms with Crippen molar-refractivity contribution in [2.75, 3.05) is 11.4 Å². The van der Waals surface area contributed by atoms with Crippen LogP contribution in [0.25, 0.3) is 0 Å². The molecule has 1 saturated carbocycles. The maximum absolute atomic E-state index is 13.5. The minimum absolute atomic E-state index is 0.180. The van der Waals surface area contributed by atoms with Crippen molar-refractivity contribution in [1.82, 2.24) is 0 Å². The molecule has 1 fully saturated rings. The summed E-state index contributed by atoms with van der Waals surface area (Å²) in [5.74, 6) is -1.71. The zero-order valence-electron chi connectivity index (χ0n) is 11.1. The van der Waals surface area contributed by atoms with Crippen LogP contribution < -0.4 is 4.90 Å². The fraction of sp³-hybridized carbons (Fsp3) is 0.467. The van der Waals surface area contributed by atoms with Crippen molar-refractivity contribution in [3.63, 3.8) is 0 Å². The molecule has 0 radical (unpaired) electrons. The molecule has 1 aliphatic heterocycles. The van der Waals surface area contributed by atoms with Crippen LogP contribution in [-0.2, 0) is 15.0 Å². The molecule has 1 amide bonds. The van der Waals surface area contributed by atoms with Gasteiger partial charge in [0.15, 0.2) is 0 Å². The SMILES string of the molecule is O=C(O)CN1C(=O)C2(CCCCC2)c2ccc(F)cc21. The number of fused-ring (bicyclic) bond motifs is 2. The van der Waals surface area contributed by atoms with Crippen molar-refractivity contribution in [3.05, 3.63) is 29.6 Å². The highest BCUT2D eigenvalue weighted by molar-refractivity contribution is 6.10. The summed E-state index contributed by atoms with van der Waals surface area (Å²) in [5, 5.41) is 8.99. The Morgan fingerprint density at radius 3 is 2.65 bits per heavy atom. The van der Waals surface area contributed by atoms with Crippen LogP contribution in [0, 0.1) is 5.82 Å². The van der Waals surface area contributed by atoms with E-state index in [2.05, 4.69) is 0 Å². The number of anilines is 1. The van der Waals surface area contributed by atoms with Crippen LogP contribution in [0.5, 0.6) is 0 Å². The van der Waals surface area contributed by atoms with Crippen molar-refractivity contribution in [2.45, 2.75) is 37.5 Å². The van der Waals surface area contributed by atoms with Gasteiger partial charge in [-0.15, -0.1) is 0 Å². The van der Waals surface area contributed by atoms with E-state index in [9.17, 15) is 14.0 Å². The Morgan fingerprint density at radius 1 is 1.30 bits per heavy atom. The molecule has 1 N–H and O–H groups in total. The molecular formula is C15H16FNO3. The second-order valence-electron chi connectivity index (χ2n) is 5.59. The first-order valence-electron chi connectivity index (χ1n) is 6.88. The lowest BCUT2D eigenvalue weighted by Crippen LogP contribution is -2.43. The Bertz CT molecular complexity index is 578. The number of aliphatic carboxylic acids is 1. The van der Waals surface area contributed by atoms with Gasteiger partial charge in [0, 0.05) is 0 Å². The van der Waals surface area contributed by atoms with Gasteiger partial charge in [0.25, 0.3) is 0 Å². The van der Waals surface area contributed by atoms with Crippen LogP contribution in [-0.4, -0.2) is 23.5 Å². The summed E-state index contributed by atoms with van der Waals surface area (Å²) in [6.45, 7) is -0.406. The van der Waals surface area contributed by atoms with Gasteiger partial charge >= 0.3 is 5.97 Å². The Morgan fingerprint density at radius 2 is 2.00 bits per heavy atom. The second kappa shape index (κ2) is 4.58. The summed E-state index contributed by atoms with van der Waals surface area (Å²) >= 11 is 0. The Kier molecular flexibility index (Phi) is 3.00. The molecule has 2 aliphatic rings. The summed E-state index contributed by atoms with van der Waals surface area (Å²) < 4.78 is 13.5. The van der Waals surface area contributed by atoms with Crippen LogP contribution in [0.4, 0.5) is 10.1 Å². The quantitative estimate of drug-likeness (QED) is 0.903. The lowest BCUT2D eigenvalue weighted by molar-refractivity contribution is -0.137. The Hall–Kier alpha value is -1.91. The maximum atomic E-state index is 13.5. The molecule has 0 atom stereocenters. The molecule has 1 heterocycles. The highest BCUT2D eigenvalue weighted by Crippen LogP contribution is 2.50. The van der Waals surface area contributed by atoms with E-state index in [-0.39, 0.29) is 5.91 Å². The Labute approximate surface area is 116 Å². The van der Waals surface area contributed by atoms with E-state index in [1.165, 1.54) is 17.0 Å². The van der Waals surface area contributed by atoms with Gasteiger partial charge in [-0.2, -0.15) is 0 Å². The summed E-state index contributed by atoms with van der Waals surface area (Å²) in [4.78, 5) is 24.9. The monoisotopic (exact) mass is 277 g/mol. The summed E-state index contributed by atoms with van der Waals surface area (Å²) in [6.07, 6.45) is 4.43. The van der Waals surface area contributed by atoms with Gasteiger partial charge in [0.2, 0.25) is 5.91 Å². The van der Waals surface area contributed by atoms with Gasteiger partial charge in [-0.05, 0) is 30.5 Å². The van der Waals surface area contributed by atoms with Crippen molar-refractivity contribution in [3.8, 4) is 0 Å². The zero-order valence-corrected chi connectivity index (χ0v) is 11.1. The fourth-order valence-corrected chi connectivity index (χ4v) is 3.55. The number of rotatable bonds is 2. The number of carbonyl (C=O) groups is 2. The van der Waals surface area contributed by atoms with Gasteiger partial charge in [-0.25, -0.2) is 4.39 Å². The molecule has 1 aromatic carbocycles. The molecule has 3 rings (SSSR count). The van der Waals surface area contributed by atoms with Gasteiger partial charge < -0.3 is 10.0 Å². The fourth-order valence-electron chi connectivity index (χ4n) is 3.55. The minimum atomic E-state index is -1.08. The maximum Gasteiger partial charge on any atom is 0.323 e. The number of amides is 1. The van der Waals surface area contributed by atoms with Gasteiger partial charge in [0.05, 0.1) is 11.1 Å². The van der Waals surface area contributed by atoms with Crippen molar-refractivity contribution >= 4 is 17.6 Å². The van der Waals surface area contributed by atoms with E-state index in [4.69, 9.17) is 5.11 Å². The van der Waals surface area contributed by atoms with E-state index < -0.39 is 23.7 Å². The minimum Gasteiger partial charge on any atom is -0.480 e. The van der Waals surface area contributed by atoms with Crippen molar-refractivity contribution in [2.24, 2.45) is 0 Å². The first-order valence-corrected chi connectivity index (χ1v) is 6.88. The number of carbonyl (C=O) groups excluding carboxylic acids is 1. The number of carboxylic acid groups (broad SMARTS) is 1. The lowest BCUT2D eigenvalue weighted by atomic mass is 9.70. The van der Waals surface area contributed by atoms with Crippen LogP contribution in [0.3, 0.4) is 0 Å². The smallest absolute Gasteiger partial charge is 0.323 e. The molecule has 0 saturated heterocycles. The molecule has 0 aromatic heterocycles. The molecule has 1 aromatic rings. The van der Waals surface area contributed by atoms with Crippen LogP contribution in [0.1, 0.15) is 37.7 Å². The highest BCUT2D eigenvalue weighted by Gasteiger charge is 2.51. The largest absolute Gasteiger partial charge is 0.480 e. The molecule has 1 aliphatic carbocycles. The number of hydrogen-bond acceptors (Lipinski definition) is 2. The summed E-state index contributed by atoms with van der Waals surface area (Å²) in [7, 11) is 0. The average molecular weight is 277 g/mol. The zero-order chi connectivity index (χ0) is 14.3. The summed E-state index contributed by atoms with van der Waals surface area (Å²) in [5.41, 5.74) is 0.598. The van der Waals surface area contributed by atoms with Crippen LogP contribution in [0.2, 0.25) is 0 Å². The van der Waals surface area contributed by atoms with Gasteiger partial charge in [-0.3, -0.25) is 9.59 Å². The predicted molar refractivity (Wildman–Crippen MR) is 71.2 cm³/mol. The molecule has 20 heavy (non-hydrogen) atoms. The number of halogens is 1. The van der Waals surface area contributed by atoms with E-state index >= 15 is 0 Å². The van der Waals surface area contributed by atoms with Crippen LogP contribution >= 0.6 is 0 Å². The number of carboxylic acids is 1. The highest BCUT2D eigenvalue weighted by atomic mass is 19.1. The normalized spacial score (nSPS) is 20.2. The average Bonchev–Trinajstić information content (AvgIpc) is 2.62. The van der Waals surface area contributed by atoms with Crippen molar-refractivity contribution in [1.29, 1.82) is 0 Å². The van der Waals surface area contributed by atoms with Gasteiger partial charge in [-0.1, -0.05) is 25.3 Å². The van der Waals surface area contributed by atoms with E-state index in [0.717, 1.165) is 37.7 Å². The summed E-state index contributed by atoms with van der Waals surface area (Å²) in [6, 6.07) is 4.28. The predicted octanol–water partition coefficient (Wildman–Crippen LogP) is 2.46. The lowest BCUT2D eigenvalue weighted by Gasteiger charge is -2.32. The standard InChI is InChI=1S/C15H16FNO3/c16-10-4-5-11-12(8-10)17(9-13(18)19)14(20)15(11)6-2-1-3-7-15/h4-5,8H,1-3,6-7,9H2,(H,18,19). The Balaban J connectivity index is 2.11. The number of benzene rings is 1. The molecule has 106 valence electrons.